The Hall–Kier alpha value is -2.14. The molecule has 1 aliphatic carbocycles. The van der Waals surface area contributed by atoms with E-state index in [2.05, 4.69) is 11.4 Å². The second-order valence-electron chi connectivity index (χ2n) is 7.05. The Kier molecular flexibility index (Phi) is 6.09. The van der Waals surface area contributed by atoms with Gasteiger partial charge in [0.05, 0.1) is 17.3 Å². The van der Waals surface area contributed by atoms with E-state index in [0.29, 0.717) is 0 Å². The Morgan fingerprint density at radius 2 is 1.85 bits per heavy atom. The van der Waals surface area contributed by atoms with E-state index >= 15 is 0 Å². The molecule has 2 amide bonds. The molecule has 4 nitrogen and oxygen atoms in total. The zero-order valence-corrected chi connectivity index (χ0v) is 16.3. The largest absolute Gasteiger partial charge is 0.349 e. The molecule has 1 aliphatic rings. The van der Waals surface area contributed by atoms with Gasteiger partial charge in [-0.1, -0.05) is 36.8 Å². The molecule has 1 heterocycles. The fourth-order valence-electron chi connectivity index (χ4n) is 3.30. The number of benzene rings is 1. The summed E-state index contributed by atoms with van der Waals surface area (Å²) >= 11 is 1.61. The lowest BCUT2D eigenvalue weighted by Gasteiger charge is -2.20. The fourth-order valence-corrected chi connectivity index (χ4v) is 4.46. The van der Waals surface area contributed by atoms with Crippen LogP contribution < -0.4 is 5.32 Å². The van der Waals surface area contributed by atoms with Crippen LogP contribution in [0.5, 0.6) is 0 Å². The van der Waals surface area contributed by atoms with E-state index < -0.39 is 0 Å². The van der Waals surface area contributed by atoms with Gasteiger partial charge in [0.25, 0.3) is 5.91 Å². The van der Waals surface area contributed by atoms with Gasteiger partial charge < -0.3 is 10.2 Å². The van der Waals surface area contributed by atoms with Gasteiger partial charge in [0, 0.05) is 19.0 Å². The van der Waals surface area contributed by atoms with Crippen molar-refractivity contribution in [1.82, 2.24) is 10.2 Å². The third-order valence-electron chi connectivity index (χ3n) is 4.86. The van der Waals surface area contributed by atoms with Gasteiger partial charge in [0.2, 0.25) is 5.91 Å². The number of carbonyl (C=O) groups excluding carboxylic acids is 2. The van der Waals surface area contributed by atoms with Crippen LogP contribution in [0.2, 0.25) is 0 Å². The number of amides is 2. The minimum atomic E-state index is -0.319. The Morgan fingerprint density at radius 3 is 2.58 bits per heavy atom. The smallest absolute Gasteiger partial charge is 0.261 e. The number of carbonyl (C=O) groups is 2. The maximum Gasteiger partial charge on any atom is 0.261 e. The van der Waals surface area contributed by atoms with Gasteiger partial charge in [-0.05, 0) is 42.9 Å². The molecule has 0 saturated heterocycles. The van der Waals surface area contributed by atoms with Crippen LogP contribution in [-0.2, 0) is 17.6 Å². The number of hydrogen-bond donors (Lipinski definition) is 1. The van der Waals surface area contributed by atoms with Crippen molar-refractivity contribution >= 4 is 23.2 Å². The molecule has 0 bridgehead atoms. The summed E-state index contributed by atoms with van der Waals surface area (Å²) in [4.78, 5) is 28.8. The van der Waals surface area contributed by atoms with E-state index in [1.165, 1.54) is 29.7 Å². The Labute approximate surface area is 159 Å². The zero-order valence-electron chi connectivity index (χ0n) is 15.5. The maximum atomic E-state index is 12.9. The van der Waals surface area contributed by atoms with E-state index in [4.69, 9.17) is 0 Å². The van der Waals surface area contributed by atoms with Crippen LogP contribution >= 0.6 is 11.3 Å². The first-order chi connectivity index (χ1) is 12.5. The van der Waals surface area contributed by atoms with Crippen LogP contribution in [0.4, 0.5) is 0 Å². The van der Waals surface area contributed by atoms with Crippen molar-refractivity contribution in [2.75, 3.05) is 14.1 Å². The van der Waals surface area contributed by atoms with E-state index in [0.717, 1.165) is 23.3 Å². The second kappa shape index (κ2) is 8.49. The lowest BCUT2D eigenvalue weighted by Crippen LogP contribution is -2.33. The van der Waals surface area contributed by atoms with Crippen LogP contribution in [-0.4, -0.2) is 30.8 Å². The van der Waals surface area contributed by atoms with Crippen molar-refractivity contribution in [3.63, 3.8) is 0 Å². The summed E-state index contributed by atoms with van der Waals surface area (Å²) in [6.07, 6.45) is 6.08. The predicted molar refractivity (Wildman–Crippen MR) is 106 cm³/mol. The molecule has 5 heteroatoms. The van der Waals surface area contributed by atoms with Crippen LogP contribution in [0.1, 0.15) is 57.4 Å². The van der Waals surface area contributed by atoms with Gasteiger partial charge in [-0.25, -0.2) is 0 Å². The average molecular weight is 371 g/mol. The maximum absolute atomic E-state index is 12.9. The molecule has 26 heavy (non-hydrogen) atoms. The van der Waals surface area contributed by atoms with E-state index in [1.807, 2.05) is 30.3 Å². The lowest BCUT2D eigenvalue weighted by atomic mass is 10.0. The minimum Gasteiger partial charge on any atom is -0.349 e. The molecule has 1 aromatic carbocycles. The number of aryl methyl sites for hydroxylation is 2. The number of rotatable bonds is 5. The van der Waals surface area contributed by atoms with Crippen LogP contribution in [0.25, 0.3) is 0 Å². The molecule has 0 aliphatic heterocycles. The summed E-state index contributed by atoms with van der Waals surface area (Å²) in [5.41, 5.74) is 2.28. The molecule has 138 valence electrons. The molecule has 0 spiro atoms. The van der Waals surface area contributed by atoms with Gasteiger partial charge in [-0.3, -0.25) is 9.59 Å². The summed E-state index contributed by atoms with van der Waals surface area (Å²) in [6.45, 7) is 0. The quantitative estimate of drug-likeness (QED) is 0.810. The number of hydrogen-bond acceptors (Lipinski definition) is 3. The van der Waals surface area contributed by atoms with Crippen molar-refractivity contribution in [3.05, 3.63) is 57.3 Å². The van der Waals surface area contributed by atoms with Crippen molar-refractivity contribution < 1.29 is 9.59 Å². The first-order valence-corrected chi connectivity index (χ1v) is 10.0. The summed E-state index contributed by atoms with van der Waals surface area (Å²) in [6, 6.07) is 11.4. The number of nitrogens with one attached hydrogen (secondary N) is 1. The second-order valence-corrected chi connectivity index (χ2v) is 8.19. The highest BCUT2D eigenvalue weighted by Gasteiger charge is 2.22. The molecule has 1 aromatic heterocycles. The first kappa shape index (κ1) is 18.6. The highest BCUT2D eigenvalue weighted by atomic mass is 32.1. The highest BCUT2D eigenvalue weighted by molar-refractivity contribution is 7.14. The molecule has 3 rings (SSSR count). The molecule has 0 unspecified atom stereocenters. The van der Waals surface area contributed by atoms with Crippen LogP contribution in [0.15, 0.2) is 36.4 Å². The third kappa shape index (κ3) is 4.52. The summed E-state index contributed by atoms with van der Waals surface area (Å²) in [5, 5.41) is 3.08. The SMILES string of the molecule is CN(C)C(=O)C[C@@H](NC(=O)c1cc2c(s1)CCCCC2)c1ccccc1. The highest BCUT2D eigenvalue weighted by Crippen LogP contribution is 2.29. The van der Waals surface area contributed by atoms with E-state index in [9.17, 15) is 9.59 Å². The lowest BCUT2D eigenvalue weighted by molar-refractivity contribution is -0.129. The standard InChI is InChI=1S/C21H26N2O2S/c1-23(2)20(24)14-17(15-9-5-3-6-10-15)22-21(25)19-13-16-11-7-4-8-12-18(16)26-19/h3,5-6,9-10,13,17H,4,7-8,11-12,14H2,1-2H3,(H,22,25)/t17-/m1/s1. The molecule has 1 atom stereocenters. The van der Waals surface area contributed by atoms with Crippen LogP contribution in [0, 0.1) is 0 Å². The Morgan fingerprint density at radius 1 is 1.12 bits per heavy atom. The van der Waals surface area contributed by atoms with Crippen molar-refractivity contribution in [2.45, 2.75) is 44.6 Å². The van der Waals surface area contributed by atoms with Gasteiger partial charge in [-0.15, -0.1) is 11.3 Å². The van der Waals surface area contributed by atoms with Crippen molar-refractivity contribution in [2.24, 2.45) is 0 Å². The molecule has 0 saturated carbocycles. The molecule has 2 aromatic rings. The summed E-state index contributed by atoms with van der Waals surface area (Å²) in [5.74, 6) is -0.0791. The normalized spacial score (nSPS) is 14.8. The predicted octanol–water partition coefficient (Wildman–Crippen LogP) is 3.97. The molecular weight excluding hydrogens is 344 g/mol. The molecule has 1 N–H and O–H groups in total. The molecule has 0 fully saturated rings. The Bertz CT molecular complexity index is 744. The third-order valence-corrected chi connectivity index (χ3v) is 6.09. The topological polar surface area (TPSA) is 49.4 Å². The Balaban J connectivity index is 1.77. The van der Waals surface area contributed by atoms with Gasteiger partial charge in [0.1, 0.15) is 0 Å². The average Bonchev–Trinajstić information content (AvgIpc) is 2.92. The van der Waals surface area contributed by atoms with Gasteiger partial charge >= 0.3 is 0 Å². The summed E-state index contributed by atoms with van der Waals surface area (Å²) < 4.78 is 0. The van der Waals surface area contributed by atoms with Crippen molar-refractivity contribution in [3.8, 4) is 0 Å². The van der Waals surface area contributed by atoms with E-state index in [1.54, 1.807) is 30.3 Å². The van der Waals surface area contributed by atoms with Crippen molar-refractivity contribution in [1.29, 1.82) is 0 Å². The van der Waals surface area contributed by atoms with Gasteiger partial charge in [-0.2, -0.15) is 0 Å². The summed E-state index contributed by atoms with van der Waals surface area (Å²) in [7, 11) is 3.48. The molecular formula is C21H26N2O2S. The molecule has 0 radical (unpaired) electrons. The number of nitrogens with zero attached hydrogens (tertiary/aromatic N) is 1. The monoisotopic (exact) mass is 370 g/mol. The van der Waals surface area contributed by atoms with Crippen LogP contribution in [0.3, 0.4) is 0 Å². The van der Waals surface area contributed by atoms with E-state index in [-0.39, 0.29) is 24.3 Å². The fraction of sp³-hybridized carbons (Fsp3) is 0.429. The minimum absolute atomic E-state index is 0.00103. The number of fused-ring (bicyclic) bond motifs is 1. The zero-order chi connectivity index (χ0) is 18.5. The number of thiophene rings is 1. The van der Waals surface area contributed by atoms with Gasteiger partial charge in [0.15, 0.2) is 0 Å². The first-order valence-electron chi connectivity index (χ1n) is 9.22.